The zero-order valence-electron chi connectivity index (χ0n) is 17.9. The molecule has 0 rings (SSSR count). The standard InChI is InChI=1S/C23H44O3/c1-6-17-23(25,18-7-2)20-16-14-12-10-8-9-11-13-15-19-22(3,4)21(24)26-5/h6,25H,1,7-20H2,2-5H3. The van der Waals surface area contributed by atoms with Gasteiger partial charge in [0.1, 0.15) is 0 Å². The van der Waals surface area contributed by atoms with Crippen LogP contribution in [0.1, 0.15) is 111 Å². The number of hydrogen-bond donors (Lipinski definition) is 1. The highest BCUT2D eigenvalue weighted by Gasteiger charge is 2.27. The van der Waals surface area contributed by atoms with Gasteiger partial charge in [0.15, 0.2) is 0 Å². The molecule has 0 amide bonds. The first-order chi connectivity index (χ1) is 12.3. The summed E-state index contributed by atoms with van der Waals surface area (Å²) in [5.41, 5.74) is -0.867. The van der Waals surface area contributed by atoms with Gasteiger partial charge in [0, 0.05) is 0 Å². The van der Waals surface area contributed by atoms with Crippen molar-refractivity contribution >= 4 is 5.97 Å². The van der Waals surface area contributed by atoms with Crippen LogP contribution in [0, 0.1) is 5.41 Å². The van der Waals surface area contributed by atoms with Gasteiger partial charge in [-0.2, -0.15) is 0 Å². The van der Waals surface area contributed by atoms with E-state index in [-0.39, 0.29) is 11.4 Å². The monoisotopic (exact) mass is 368 g/mol. The fourth-order valence-corrected chi connectivity index (χ4v) is 3.70. The number of carbonyl (C=O) groups is 1. The summed E-state index contributed by atoms with van der Waals surface area (Å²) in [6.07, 6.45) is 17.3. The molecule has 0 heterocycles. The highest BCUT2D eigenvalue weighted by Crippen LogP contribution is 2.26. The normalized spacial score (nSPS) is 14.0. The molecule has 0 radical (unpaired) electrons. The van der Waals surface area contributed by atoms with Crippen LogP contribution in [0.3, 0.4) is 0 Å². The first-order valence-corrected chi connectivity index (χ1v) is 10.7. The molecule has 0 aromatic carbocycles. The molecule has 0 saturated carbocycles. The molecule has 1 atom stereocenters. The van der Waals surface area contributed by atoms with Crippen molar-refractivity contribution in [1.82, 2.24) is 0 Å². The van der Waals surface area contributed by atoms with Crippen molar-refractivity contribution in [2.24, 2.45) is 5.41 Å². The van der Waals surface area contributed by atoms with Crippen LogP contribution in [0.25, 0.3) is 0 Å². The average Bonchev–Trinajstić information content (AvgIpc) is 2.59. The molecule has 0 fully saturated rings. The Kier molecular flexibility index (Phi) is 13.8. The minimum absolute atomic E-state index is 0.101. The molecule has 1 N–H and O–H groups in total. The van der Waals surface area contributed by atoms with Crippen LogP contribution in [0.15, 0.2) is 12.7 Å². The van der Waals surface area contributed by atoms with E-state index in [0.717, 1.165) is 38.5 Å². The van der Waals surface area contributed by atoms with Crippen LogP contribution in [-0.2, 0) is 9.53 Å². The summed E-state index contributed by atoms with van der Waals surface area (Å²) in [6.45, 7) is 9.84. The smallest absolute Gasteiger partial charge is 0.311 e. The second-order valence-electron chi connectivity index (χ2n) is 8.52. The molecular weight excluding hydrogens is 324 g/mol. The first-order valence-electron chi connectivity index (χ1n) is 10.7. The molecule has 0 spiro atoms. The van der Waals surface area contributed by atoms with Crippen LogP contribution < -0.4 is 0 Å². The predicted molar refractivity (Wildman–Crippen MR) is 111 cm³/mol. The highest BCUT2D eigenvalue weighted by molar-refractivity contribution is 5.75. The van der Waals surface area contributed by atoms with Gasteiger partial charge in [-0.05, 0) is 39.5 Å². The van der Waals surface area contributed by atoms with E-state index in [1.165, 1.54) is 52.1 Å². The summed E-state index contributed by atoms with van der Waals surface area (Å²) in [6, 6.07) is 0. The molecule has 0 aliphatic heterocycles. The second kappa shape index (κ2) is 14.3. The molecule has 3 heteroatoms. The Labute approximate surface area is 162 Å². The van der Waals surface area contributed by atoms with Crippen molar-refractivity contribution < 1.29 is 14.6 Å². The van der Waals surface area contributed by atoms with Gasteiger partial charge in [0.05, 0.1) is 18.1 Å². The summed E-state index contributed by atoms with van der Waals surface area (Å²) >= 11 is 0. The second-order valence-corrected chi connectivity index (χ2v) is 8.52. The molecule has 0 saturated heterocycles. The molecular formula is C23H44O3. The van der Waals surface area contributed by atoms with Crippen LogP contribution in [-0.4, -0.2) is 23.8 Å². The van der Waals surface area contributed by atoms with Crippen LogP contribution in [0.4, 0.5) is 0 Å². The zero-order valence-corrected chi connectivity index (χ0v) is 17.9. The Morgan fingerprint density at radius 1 is 0.923 bits per heavy atom. The Bertz CT molecular complexity index is 376. The lowest BCUT2D eigenvalue weighted by Crippen LogP contribution is -2.27. The van der Waals surface area contributed by atoms with E-state index in [1.54, 1.807) is 0 Å². The number of unbranched alkanes of at least 4 members (excludes halogenated alkanes) is 8. The number of aliphatic hydroxyl groups is 1. The minimum Gasteiger partial charge on any atom is -0.469 e. The molecule has 0 aromatic heterocycles. The fourth-order valence-electron chi connectivity index (χ4n) is 3.70. The summed E-state index contributed by atoms with van der Waals surface area (Å²) in [4.78, 5) is 11.6. The topological polar surface area (TPSA) is 46.5 Å². The van der Waals surface area contributed by atoms with Gasteiger partial charge >= 0.3 is 5.97 Å². The fraction of sp³-hybridized carbons (Fsp3) is 0.870. The van der Waals surface area contributed by atoms with E-state index < -0.39 is 5.60 Å². The zero-order chi connectivity index (χ0) is 19.9. The summed E-state index contributed by atoms with van der Waals surface area (Å²) in [5.74, 6) is -0.101. The lowest BCUT2D eigenvalue weighted by atomic mass is 9.87. The molecule has 3 nitrogen and oxygen atoms in total. The van der Waals surface area contributed by atoms with E-state index in [9.17, 15) is 9.90 Å². The minimum atomic E-state index is -0.519. The van der Waals surface area contributed by atoms with Crippen LogP contribution in [0.5, 0.6) is 0 Å². The Morgan fingerprint density at radius 3 is 1.81 bits per heavy atom. The van der Waals surface area contributed by atoms with Gasteiger partial charge in [0.2, 0.25) is 0 Å². The number of methoxy groups -OCH3 is 1. The van der Waals surface area contributed by atoms with Crippen molar-refractivity contribution in [3.05, 3.63) is 12.7 Å². The van der Waals surface area contributed by atoms with Gasteiger partial charge in [-0.15, -0.1) is 6.58 Å². The van der Waals surface area contributed by atoms with Crippen molar-refractivity contribution in [3.8, 4) is 0 Å². The Morgan fingerprint density at radius 2 is 1.38 bits per heavy atom. The third kappa shape index (κ3) is 11.7. The quantitative estimate of drug-likeness (QED) is 0.179. The number of carbonyl (C=O) groups excluding carboxylic acids is 1. The van der Waals surface area contributed by atoms with Gasteiger partial charge in [-0.1, -0.05) is 77.2 Å². The molecule has 154 valence electrons. The summed E-state index contributed by atoms with van der Waals surface area (Å²) in [5, 5.41) is 10.5. The maximum atomic E-state index is 11.6. The molecule has 0 aliphatic carbocycles. The summed E-state index contributed by atoms with van der Waals surface area (Å²) < 4.78 is 4.85. The average molecular weight is 369 g/mol. The van der Waals surface area contributed by atoms with Crippen molar-refractivity contribution in [3.63, 3.8) is 0 Å². The van der Waals surface area contributed by atoms with Crippen molar-refractivity contribution in [1.29, 1.82) is 0 Å². The third-order valence-electron chi connectivity index (χ3n) is 5.42. The van der Waals surface area contributed by atoms with Crippen LogP contribution in [0.2, 0.25) is 0 Å². The Hall–Kier alpha value is -0.830. The molecule has 26 heavy (non-hydrogen) atoms. The lowest BCUT2D eigenvalue weighted by Gasteiger charge is -2.26. The first kappa shape index (κ1) is 25.2. The number of hydrogen-bond acceptors (Lipinski definition) is 3. The molecule has 0 aliphatic rings. The van der Waals surface area contributed by atoms with Gasteiger partial charge in [-0.25, -0.2) is 0 Å². The predicted octanol–water partition coefficient (Wildman–Crippen LogP) is 6.58. The van der Waals surface area contributed by atoms with Gasteiger partial charge < -0.3 is 9.84 Å². The highest BCUT2D eigenvalue weighted by atomic mass is 16.5. The molecule has 0 bridgehead atoms. The third-order valence-corrected chi connectivity index (χ3v) is 5.42. The lowest BCUT2D eigenvalue weighted by molar-refractivity contribution is -0.151. The van der Waals surface area contributed by atoms with Gasteiger partial charge in [0.25, 0.3) is 0 Å². The molecule has 0 aromatic rings. The molecule has 1 unspecified atom stereocenters. The van der Waals surface area contributed by atoms with E-state index in [0.29, 0.717) is 6.42 Å². The number of rotatable bonds is 17. The van der Waals surface area contributed by atoms with Crippen molar-refractivity contribution in [2.75, 3.05) is 7.11 Å². The Balaban J connectivity index is 3.57. The maximum absolute atomic E-state index is 11.6. The van der Waals surface area contributed by atoms with Gasteiger partial charge in [-0.3, -0.25) is 4.79 Å². The SMILES string of the molecule is C=CCC(O)(CCC)CCCCCCCCCCCC(C)(C)C(=O)OC. The number of esters is 1. The number of ether oxygens (including phenoxy) is 1. The summed E-state index contributed by atoms with van der Waals surface area (Å²) in [7, 11) is 1.47. The van der Waals surface area contributed by atoms with E-state index in [2.05, 4.69) is 13.5 Å². The van der Waals surface area contributed by atoms with E-state index >= 15 is 0 Å². The van der Waals surface area contributed by atoms with E-state index in [1.807, 2.05) is 19.9 Å². The van der Waals surface area contributed by atoms with Crippen molar-refractivity contribution in [2.45, 2.75) is 116 Å². The van der Waals surface area contributed by atoms with E-state index in [4.69, 9.17) is 4.74 Å². The maximum Gasteiger partial charge on any atom is 0.311 e. The van der Waals surface area contributed by atoms with Crippen LogP contribution >= 0.6 is 0 Å². The largest absolute Gasteiger partial charge is 0.469 e.